The van der Waals surface area contributed by atoms with Crippen LogP contribution < -0.4 is 15.4 Å². The van der Waals surface area contributed by atoms with Crippen molar-refractivity contribution in [3.63, 3.8) is 0 Å². The summed E-state index contributed by atoms with van der Waals surface area (Å²) in [7, 11) is 3.37. The minimum atomic E-state index is -0.214. The predicted octanol–water partition coefficient (Wildman–Crippen LogP) is 4.37. The van der Waals surface area contributed by atoms with Crippen LogP contribution in [0.4, 0.5) is 17.3 Å². The lowest BCUT2D eigenvalue weighted by molar-refractivity contribution is 0.102. The van der Waals surface area contributed by atoms with E-state index in [1.54, 1.807) is 42.5 Å². The quantitative estimate of drug-likeness (QED) is 0.338. The molecule has 0 aliphatic carbocycles. The number of amides is 1. The molecule has 10 nitrogen and oxygen atoms in total. The predicted molar refractivity (Wildman–Crippen MR) is 134 cm³/mol. The van der Waals surface area contributed by atoms with Crippen molar-refractivity contribution in [3.8, 4) is 17.1 Å². The second kappa shape index (κ2) is 8.90. The molecule has 0 saturated heterocycles. The van der Waals surface area contributed by atoms with Crippen LogP contribution in [0.1, 0.15) is 21.6 Å². The molecule has 0 saturated carbocycles. The fourth-order valence-electron chi connectivity index (χ4n) is 3.97. The van der Waals surface area contributed by atoms with Gasteiger partial charge in [-0.1, -0.05) is 12.1 Å². The van der Waals surface area contributed by atoms with Crippen molar-refractivity contribution in [2.24, 2.45) is 7.05 Å². The van der Waals surface area contributed by atoms with Crippen molar-refractivity contribution >= 4 is 34.1 Å². The Kier molecular flexibility index (Phi) is 5.61. The Bertz CT molecular complexity index is 1550. The lowest BCUT2D eigenvalue weighted by atomic mass is 10.1. The first-order valence-electron chi connectivity index (χ1n) is 11.0. The van der Waals surface area contributed by atoms with Gasteiger partial charge in [-0.25, -0.2) is 9.97 Å². The summed E-state index contributed by atoms with van der Waals surface area (Å²) in [5.74, 6) is 0.659. The number of carbonyl (C=O) groups excluding carboxylic acids is 1. The van der Waals surface area contributed by atoms with Gasteiger partial charge < -0.3 is 20.4 Å². The number of benzene rings is 1. The molecule has 176 valence electrons. The molecule has 4 heterocycles. The van der Waals surface area contributed by atoms with Crippen LogP contribution >= 0.6 is 0 Å². The molecule has 1 amide bonds. The van der Waals surface area contributed by atoms with Crippen molar-refractivity contribution in [1.29, 1.82) is 0 Å². The van der Waals surface area contributed by atoms with Gasteiger partial charge in [-0.05, 0) is 37.6 Å². The van der Waals surface area contributed by atoms with Crippen LogP contribution in [-0.2, 0) is 7.05 Å². The van der Waals surface area contributed by atoms with Crippen LogP contribution in [0.25, 0.3) is 22.2 Å². The maximum atomic E-state index is 12.9. The number of pyridine rings is 1. The van der Waals surface area contributed by atoms with E-state index in [-0.39, 0.29) is 5.91 Å². The molecule has 0 aliphatic rings. The molecule has 3 N–H and O–H groups in total. The average molecular weight is 469 g/mol. The number of hydrogen-bond donors (Lipinski definition) is 3. The van der Waals surface area contributed by atoms with E-state index in [1.165, 1.54) is 0 Å². The minimum absolute atomic E-state index is 0.214. The standard InChI is InChI=1S/C25H24N8O2/c1-14-11-28-25(30-20-13-33(3)32-24(20)35-4)31-21(14)18-12-27-22-17(18)7-5-9-19(22)29-23(34)16-8-6-10-26-15(16)2/h5-13,27H,1-4H3,(H,29,34)(H,28,30,31). The Hall–Kier alpha value is -4.73. The van der Waals surface area contributed by atoms with Gasteiger partial charge in [0.1, 0.15) is 5.69 Å². The van der Waals surface area contributed by atoms with Gasteiger partial charge in [0.2, 0.25) is 5.95 Å². The third-order valence-corrected chi connectivity index (χ3v) is 5.68. The number of aromatic amines is 1. The van der Waals surface area contributed by atoms with Crippen LogP contribution in [0.5, 0.6) is 5.88 Å². The molecule has 10 heteroatoms. The van der Waals surface area contributed by atoms with Gasteiger partial charge in [-0.15, -0.1) is 5.10 Å². The highest BCUT2D eigenvalue weighted by atomic mass is 16.5. The highest BCUT2D eigenvalue weighted by molar-refractivity contribution is 6.10. The topological polar surface area (TPSA) is 123 Å². The zero-order valence-corrected chi connectivity index (χ0v) is 19.7. The van der Waals surface area contributed by atoms with E-state index in [9.17, 15) is 4.79 Å². The van der Waals surface area contributed by atoms with Gasteiger partial charge in [-0.2, -0.15) is 0 Å². The summed E-state index contributed by atoms with van der Waals surface area (Å²) in [5, 5.41) is 11.4. The molecule has 1 aromatic carbocycles. The number of carbonyl (C=O) groups is 1. The second-order valence-electron chi connectivity index (χ2n) is 8.10. The summed E-state index contributed by atoms with van der Waals surface area (Å²) < 4.78 is 6.96. The molecular formula is C25H24N8O2. The number of aromatic nitrogens is 6. The van der Waals surface area contributed by atoms with Crippen LogP contribution in [-0.4, -0.2) is 42.7 Å². The number of nitrogens with one attached hydrogen (secondary N) is 3. The van der Waals surface area contributed by atoms with Gasteiger partial charge in [0, 0.05) is 42.3 Å². The fourth-order valence-corrected chi connectivity index (χ4v) is 3.97. The maximum absolute atomic E-state index is 12.9. The third kappa shape index (κ3) is 4.17. The van der Waals surface area contributed by atoms with Crippen molar-refractivity contribution in [2.75, 3.05) is 17.7 Å². The first kappa shape index (κ1) is 22.1. The molecule has 0 atom stereocenters. The molecule has 0 radical (unpaired) electrons. The number of nitrogens with zero attached hydrogens (tertiary/aromatic N) is 5. The molecule has 4 aromatic heterocycles. The second-order valence-corrected chi connectivity index (χ2v) is 8.10. The zero-order valence-electron chi connectivity index (χ0n) is 19.7. The molecule has 0 spiro atoms. The lowest BCUT2D eigenvalue weighted by Gasteiger charge is -2.10. The van der Waals surface area contributed by atoms with E-state index in [0.717, 1.165) is 27.7 Å². The summed E-state index contributed by atoms with van der Waals surface area (Å²) in [6, 6.07) is 9.26. The minimum Gasteiger partial charge on any atom is -0.478 e. The normalized spacial score (nSPS) is 11.0. The van der Waals surface area contributed by atoms with Gasteiger partial charge >= 0.3 is 0 Å². The summed E-state index contributed by atoms with van der Waals surface area (Å²) in [5.41, 5.74) is 5.93. The Morgan fingerprint density at radius 2 is 1.97 bits per heavy atom. The van der Waals surface area contributed by atoms with Gasteiger partial charge in [0.15, 0.2) is 0 Å². The number of methoxy groups -OCH3 is 1. The largest absolute Gasteiger partial charge is 0.478 e. The highest BCUT2D eigenvalue weighted by Gasteiger charge is 2.17. The molecule has 0 fully saturated rings. The summed E-state index contributed by atoms with van der Waals surface area (Å²) in [6.45, 7) is 3.77. The van der Waals surface area contributed by atoms with Gasteiger partial charge in [0.05, 0.1) is 35.8 Å². The van der Waals surface area contributed by atoms with Crippen LogP contribution in [0, 0.1) is 13.8 Å². The van der Waals surface area contributed by atoms with E-state index in [1.807, 2.05) is 45.3 Å². The number of hydrogen-bond acceptors (Lipinski definition) is 7. The Morgan fingerprint density at radius 3 is 2.77 bits per heavy atom. The summed E-state index contributed by atoms with van der Waals surface area (Å²) in [6.07, 6.45) is 7.12. The fraction of sp³-hybridized carbons (Fsp3) is 0.160. The first-order valence-corrected chi connectivity index (χ1v) is 11.0. The van der Waals surface area contributed by atoms with Crippen LogP contribution in [0.3, 0.4) is 0 Å². The van der Waals surface area contributed by atoms with E-state index < -0.39 is 0 Å². The number of fused-ring (bicyclic) bond motifs is 1. The van der Waals surface area contributed by atoms with Crippen LogP contribution in [0.2, 0.25) is 0 Å². The summed E-state index contributed by atoms with van der Waals surface area (Å²) >= 11 is 0. The third-order valence-electron chi connectivity index (χ3n) is 5.68. The molecule has 0 bridgehead atoms. The Morgan fingerprint density at radius 1 is 1.11 bits per heavy atom. The number of H-pyrrole nitrogens is 1. The molecule has 35 heavy (non-hydrogen) atoms. The van der Waals surface area contributed by atoms with E-state index >= 15 is 0 Å². The van der Waals surface area contributed by atoms with Crippen molar-refractivity contribution in [2.45, 2.75) is 13.8 Å². The number of ether oxygens (including phenoxy) is 1. The smallest absolute Gasteiger partial charge is 0.257 e. The molecule has 5 aromatic rings. The highest BCUT2D eigenvalue weighted by Crippen LogP contribution is 2.34. The van der Waals surface area contributed by atoms with Crippen molar-refractivity contribution in [3.05, 3.63) is 71.9 Å². The molecule has 0 unspecified atom stereocenters. The van der Waals surface area contributed by atoms with E-state index in [4.69, 9.17) is 9.72 Å². The monoisotopic (exact) mass is 468 g/mol. The first-order chi connectivity index (χ1) is 16.9. The molecule has 5 rings (SSSR count). The number of anilines is 3. The Balaban J connectivity index is 1.49. The van der Waals surface area contributed by atoms with Crippen molar-refractivity contribution in [1.82, 2.24) is 29.7 Å². The van der Waals surface area contributed by atoms with Crippen LogP contribution in [0.15, 0.2) is 55.1 Å². The SMILES string of the molecule is COc1nn(C)cc1Nc1ncc(C)c(-c2c[nH]c3c(NC(=O)c4cccnc4C)cccc23)n1. The maximum Gasteiger partial charge on any atom is 0.257 e. The molecule has 0 aliphatic heterocycles. The molecular weight excluding hydrogens is 444 g/mol. The van der Waals surface area contributed by atoms with Gasteiger partial charge in [0.25, 0.3) is 11.8 Å². The van der Waals surface area contributed by atoms with E-state index in [2.05, 4.69) is 30.7 Å². The lowest BCUT2D eigenvalue weighted by Crippen LogP contribution is -2.14. The van der Waals surface area contributed by atoms with Gasteiger partial charge in [-0.3, -0.25) is 14.5 Å². The summed E-state index contributed by atoms with van der Waals surface area (Å²) in [4.78, 5) is 29.6. The Labute approximate surface area is 201 Å². The average Bonchev–Trinajstić information content (AvgIpc) is 3.44. The zero-order chi connectivity index (χ0) is 24.5. The number of aryl methyl sites for hydroxylation is 3. The number of para-hydroxylation sites is 1. The van der Waals surface area contributed by atoms with Crippen molar-refractivity contribution < 1.29 is 9.53 Å². The number of rotatable bonds is 6. The van der Waals surface area contributed by atoms with E-state index in [0.29, 0.717) is 34.5 Å².